The zero-order valence-electron chi connectivity index (χ0n) is 17.1. The maximum absolute atomic E-state index is 13.0. The molecule has 2 aromatic carbocycles. The average Bonchev–Trinajstić information content (AvgIpc) is 3.01. The summed E-state index contributed by atoms with van der Waals surface area (Å²) in [7, 11) is 0. The van der Waals surface area contributed by atoms with E-state index >= 15 is 0 Å². The fourth-order valence-corrected chi connectivity index (χ4v) is 4.45. The highest BCUT2D eigenvalue weighted by atomic mass is 32.2. The van der Waals surface area contributed by atoms with E-state index in [1.165, 1.54) is 23.2 Å². The molecule has 0 radical (unpaired) electrons. The summed E-state index contributed by atoms with van der Waals surface area (Å²) in [5.41, 5.74) is 2.21. The van der Waals surface area contributed by atoms with Crippen molar-refractivity contribution in [1.29, 1.82) is 0 Å². The summed E-state index contributed by atoms with van der Waals surface area (Å²) >= 11 is 1.01. The molecule has 2 heterocycles. The van der Waals surface area contributed by atoms with E-state index in [1.807, 2.05) is 32.0 Å². The Morgan fingerprint density at radius 3 is 2.31 bits per heavy atom. The number of hydrogen-bond acceptors (Lipinski definition) is 6. The van der Waals surface area contributed by atoms with Crippen molar-refractivity contribution in [3.63, 3.8) is 0 Å². The van der Waals surface area contributed by atoms with Gasteiger partial charge in [-0.15, -0.1) is 5.10 Å². The number of aryl methyl sites for hydroxylation is 2. The molecule has 1 aromatic heterocycles. The first-order valence-electron chi connectivity index (χ1n) is 9.62. The zero-order chi connectivity index (χ0) is 23.0. The molecule has 1 saturated heterocycles. The van der Waals surface area contributed by atoms with Crippen molar-refractivity contribution in [3.8, 4) is 11.3 Å². The van der Waals surface area contributed by atoms with Crippen LogP contribution in [-0.2, 0) is 15.8 Å². The van der Waals surface area contributed by atoms with Gasteiger partial charge in [0.2, 0.25) is 17.0 Å². The highest BCUT2D eigenvalue weighted by Gasteiger charge is 2.41. The second-order valence-corrected chi connectivity index (χ2v) is 8.49. The van der Waals surface area contributed by atoms with Crippen molar-refractivity contribution in [1.82, 2.24) is 15.2 Å². The molecule has 6 nitrogen and oxygen atoms in total. The summed E-state index contributed by atoms with van der Waals surface area (Å²) in [6, 6.07) is 10.1. The van der Waals surface area contributed by atoms with Gasteiger partial charge < -0.3 is 0 Å². The predicted octanol–water partition coefficient (Wildman–Crippen LogP) is 4.60. The van der Waals surface area contributed by atoms with Crippen LogP contribution >= 0.6 is 11.8 Å². The Bertz CT molecular complexity index is 1180. The normalized spacial score (nSPS) is 16.7. The van der Waals surface area contributed by atoms with Crippen LogP contribution in [0, 0.1) is 13.8 Å². The van der Waals surface area contributed by atoms with E-state index in [1.54, 1.807) is 0 Å². The Morgan fingerprint density at radius 2 is 1.69 bits per heavy atom. The first-order chi connectivity index (χ1) is 15.1. The third-order valence-corrected chi connectivity index (χ3v) is 6.10. The number of benzene rings is 2. The van der Waals surface area contributed by atoms with Crippen LogP contribution in [0.1, 0.15) is 23.1 Å². The monoisotopic (exact) mass is 458 g/mol. The topological polar surface area (TPSA) is 76.1 Å². The molecule has 0 N–H and O–H groups in total. The number of halogens is 3. The van der Waals surface area contributed by atoms with E-state index in [0.717, 1.165) is 35.0 Å². The number of para-hydroxylation sites is 1. The first-order valence-corrected chi connectivity index (χ1v) is 10.5. The lowest BCUT2D eigenvalue weighted by molar-refractivity contribution is -0.137. The highest BCUT2D eigenvalue weighted by Crippen LogP contribution is 2.36. The number of amides is 2. The van der Waals surface area contributed by atoms with E-state index < -0.39 is 17.0 Å². The van der Waals surface area contributed by atoms with E-state index in [4.69, 9.17) is 0 Å². The molecule has 1 fully saturated rings. The molecule has 0 aliphatic carbocycles. The lowest BCUT2D eigenvalue weighted by atomic mass is 10.1. The zero-order valence-corrected chi connectivity index (χ0v) is 17.9. The smallest absolute Gasteiger partial charge is 0.274 e. The van der Waals surface area contributed by atoms with Crippen molar-refractivity contribution in [3.05, 3.63) is 65.4 Å². The van der Waals surface area contributed by atoms with Gasteiger partial charge in [-0.25, -0.2) is 9.88 Å². The standard InChI is InChI=1S/C22H17F3N4O2S/c1-12-4-3-5-13(2)19(12)29-18(30)10-17(20(29)31)32-21-27-16(11-26-28-21)14-6-8-15(9-7-14)22(23,24)25/h3-9,11,17H,10H2,1-2H3. The number of nitrogens with zero attached hydrogens (tertiary/aromatic N) is 4. The number of carbonyl (C=O) groups is 2. The molecule has 0 spiro atoms. The maximum atomic E-state index is 13.0. The highest BCUT2D eigenvalue weighted by molar-refractivity contribution is 8.00. The third kappa shape index (κ3) is 4.22. The van der Waals surface area contributed by atoms with Crippen LogP contribution in [0.25, 0.3) is 11.3 Å². The van der Waals surface area contributed by atoms with Crippen molar-refractivity contribution < 1.29 is 22.8 Å². The second-order valence-electron chi connectivity index (χ2n) is 7.32. The van der Waals surface area contributed by atoms with Gasteiger partial charge in [0.1, 0.15) is 5.25 Å². The van der Waals surface area contributed by atoms with E-state index in [-0.39, 0.29) is 23.4 Å². The van der Waals surface area contributed by atoms with Crippen molar-refractivity contribution in [2.24, 2.45) is 0 Å². The summed E-state index contributed by atoms with van der Waals surface area (Å²) in [6.07, 6.45) is -3.11. The van der Waals surface area contributed by atoms with Crippen LogP contribution < -0.4 is 4.90 Å². The van der Waals surface area contributed by atoms with Gasteiger partial charge in [-0.05, 0) is 37.1 Å². The average molecular weight is 458 g/mol. The number of alkyl halides is 3. The predicted molar refractivity (Wildman–Crippen MR) is 113 cm³/mol. The molecule has 1 aliphatic rings. The molecule has 0 saturated carbocycles. The Morgan fingerprint density at radius 1 is 1.03 bits per heavy atom. The SMILES string of the molecule is Cc1cccc(C)c1N1C(=O)CC(Sc2nncc(-c3ccc(C(F)(F)F)cc3)n2)C1=O. The number of aromatic nitrogens is 3. The van der Waals surface area contributed by atoms with E-state index in [2.05, 4.69) is 15.2 Å². The van der Waals surface area contributed by atoms with Gasteiger partial charge in [0.05, 0.1) is 23.1 Å². The Kier molecular flexibility index (Phi) is 5.72. The van der Waals surface area contributed by atoms with Crippen molar-refractivity contribution in [2.45, 2.75) is 36.9 Å². The van der Waals surface area contributed by atoms with Gasteiger partial charge in [-0.3, -0.25) is 9.59 Å². The number of hydrogen-bond donors (Lipinski definition) is 0. The molecule has 0 bridgehead atoms. The lowest BCUT2D eigenvalue weighted by Gasteiger charge is -2.19. The summed E-state index contributed by atoms with van der Waals surface area (Å²) in [5, 5.41) is 7.22. The molecular weight excluding hydrogens is 441 g/mol. The van der Waals surface area contributed by atoms with Gasteiger partial charge in [-0.2, -0.15) is 18.3 Å². The molecule has 32 heavy (non-hydrogen) atoms. The van der Waals surface area contributed by atoms with Gasteiger partial charge in [0.15, 0.2) is 0 Å². The van der Waals surface area contributed by atoms with E-state index in [9.17, 15) is 22.8 Å². The number of imide groups is 1. The number of anilines is 1. The Balaban J connectivity index is 1.55. The molecular formula is C22H17F3N4O2S. The second kappa shape index (κ2) is 8.34. The third-order valence-electron chi connectivity index (χ3n) is 5.06. The molecule has 1 atom stereocenters. The van der Waals surface area contributed by atoms with E-state index in [0.29, 0.717) is 16.9 Å². The first kappa shape index (κ1) is 21.9. The molecule has 10 heteroatoms. The van der Waals surface area contributed by atoms with Crippen molar-refractivity contribution in [2.75, 3.05) is 4.90 Å². The molecule has 164 valence electrons. The summed E-state index contributed by atoms with van der Waals surface area (Å²) in [5.74, 6) is -0.669. The molecule has 1 aliphatic heterocycles. The fourth-order valence-electron chi connectivity index (χ4n) is 3.52. The van der Waals surface area contributed by atoms with Crippen molar-refractivity contribution >= 4 is 29.3 Å². The maximum Gasteiger partial charge on any atom is 0.416 e. The largest absolute Gasteiger partial charge is 0.416 e. The van der Waals surface area contributed by atoms with Crippen LogP contribution in [0.3, 0.4) is 0 Å². The number of thioether (sulfide) groups is 1. The Labute approximate surface area is 185 Å². The minimum absolute atomic E-state index is 0.00879. The summed E-state index contributed by atoms with van der Waals surface area (Å²) in [4.78, 5) is 31.2. The molecule has 2 amide bonds. The number of carbonyl (C=O) groups excluding carboxylic acids is 2. The summed E-state index contributed by atoms with van der Waals surface area (Å²) in [6.45, 7) is 3.67. The van der Waals surface area contributed by atoms with Gasteiger partial charge in [0, 0.05) is 12.0 Å². The number of rotatable bonds is 4. The minimum atomic E-state index is -4.43. The van der Waals surface area contributed by atoms with Crippen LogP contribution in [0.15, 0.2) is 53.8 Å². The Hall–Kier alpha value is -3.27. The quantitative estimate of drug-likeness (QED) is 0.532. The fraction of sp³-hybridized carbons (Fsp3) is 0.227. The molecule has 4 rings (SSSR count). The van der Waals surface area contributed by atoms with Crippen LogP contribution in [0.5, 0.6) is 0 Å². The molecule has 1 unspecified atom stereocenters. The molecule has 3 aromatic rings. The minimum Gasteiger partial charge on any atom is -0.274 e. The van der Waals surface area contributed by atoms with Gasteiger partial charge in [-0.1, -0.05) is 42.1 Å². The van der Waals surface area contributed by atoms with Crippen LogP contribution in [0.2, 0.25) is 0 Å². The lowest BCUT2D eigenvalue weighted by Crippen LogP contribution is -2.32. The van der Waals surface area contributed by atoms with Crippen LogP contribution in [0.4, 0.5) is 18.9 Å². The van der Waals surface area contributed by atoms with Crippen LogP contribution in [-0.4, -0.2) is 32.2 Å². The van der Waals surface area contributed by atoms with Gasteiger partial charge in [0.25, 0.3) is 0 Å². The summed E-state index contributed by atoms with van der Waals surface area (Å²) < 4.78 is 38.3. The van der Waals surface area contributed by atoms with Gasteiger partial charge >= 0.3 is 6.18 Å².